The third-order valence-corrected chi connectivity index (χ3v) is 7.06. The number of nitrogens with zero attached hydrogens (tertiary/aromatic N) is 3. The molecule has 5 rings (SSSR count). The molecule has 1 aromatic carbocycles. The molecular formula is C26H26FN3O5. The zero-order valence-electron chi connectivity index (χ0n) is 19.0. The van der Waals surface area contributed by atoms with Crippen LogP contribution >= 0.6 is 0 Å². The van der Waals surface area contributed by atoms with Crippen LogP contribution in [0.15, 0.2) is 59.8 Å². The fourth-order valence-electron chi connectivity index (χ4n) is 5.16. The van der Waals surface area contributed by atoms with E-state index in [2.05, 4.69) is 10.1 Å². The number of hydrogen-bond acceptors (Lipinski definition) is 7. The number of fused-ring (bicyclic) bond motifs is 1. The summed E-state index contributed by atoms with van der Waals surface area (Å²) < 4.78 is 21.3. The van der Waals surface area contributed by atoms with Crippen LogP contribution in [0.2, 0.25) is 0 Å². The highest BCUT2D eigenvalue weighted by Gasteiger charge is 2.51. The second-order valence-corrected chi connectivity index (χ2v) is 9.19. The van der Waals surface area contributed by atoms with Gasteiger partial charge in [-0.3, -0.25) is 14.6 Å². The number of ether oxygens (including phenoxy) is 1. The van der Waals surface area contributed by atoms with E-state index >= 15 is 0 Å². The molecule has 2 N–H and O–H groups in total. The summed E-state index contributed by atoms with van der Waals surface area (Å²) in [7, 11) is 0. The van der Waals surface area contributed by atoms with Crippen LogP contribution in [-0.2, 0) is 11.2 Å². The van der Waals surface area contributed by atoms with Crippen molar-refractivity contribution in [2.75, 3.05) is 0 Å². The first-order valence-corrected chi connectivity index (χ1v) is 11.7. The van der Waals surface area contributed by atoms with Gasteiger partial charge in [0.25, 0.3) is 5.56 Å². The van der Waals surface area contributed by atoms with Gasteiger partial charge in [0.15, 0.2) is 5.78 Å². The quantitative estimate of drug-likeness (QED) is 0.541. The molecule has 0 radical (unpaired) electrons. The molecule has 182 valence electrons. The van der Waals surface area contributed by atoms with Crippen molar-refractivity contribution in [1.82, 2.24) is 14.8 Å². The maximum Gasteiger partial charge on any atom is 0.282 e. The average Bonchev–Trinajstić information content (AvgIpc) is 2.85. The molecule has 0 bridgehead atoms. The fourth-order valence-corrected chi connectivity index (χ4v) is 5.16. The van der Waals surface area contributed by atoms with Crippen LogP contribution in [0.1, 0.15) is 59.7 Å². The Morgan fingerprint density at radius 3 is 2.86 bits per heavy atom. The number of para-hydroxylation sites is 1. The molecule has 1 aliphatic carbocycles. The van der Waals surface area contributed by atoms with Gasteiger partial charge in [-0.2, -0.15) is 9.78 Å². The highest BCUT2D eigenvalue weighted by molar-refractivity contribution is 5.97. The molecule has 0 unspecified atom stereocenters. The van der Waals surface area contributed by atoms with Gasteiger partial charge in [-0.05, 0) is 48.2 Å². The number of aliphatic hydroxyl groups excluding tert-OH is 1. The zero-order valence-corrected chi connectivity index (χ0v) is 19.0. The van der Waals surface area contributed by atoms with Crippen molar-refractivity contribution in [3.8, 4) is 5.69 Å². The molecule has 0 amide bonds. The Kier molecular flexibility index (Phi) is 6.31. The van der Waals surface area contributed by atoms with Gasteiger partial charge in [0, 0.05) is 31.4 Å². The smallest absolute Gasteiger partial charge is 0.282 e. The Balaban J connectivity index is 1.42. The maximum atomic E-state index is 14.2. The van der Waals surface area contributed by atoms with Gasteiger partial charge in [-0.1, -0.05) is 25.0 Å². The van der Waals surface area contributed by atoms with E-state index in [-0.39, 0.29) is 24.1 Å². The molecule has 8 nitrogen and oxygen atoms in total. The molecule has 35 heavy (non-hydrogen) atoms. The number of Topliss-reactive ketones (excluding diaryl/α,β-unsaturated/α-hetero) is 1. The van der Waals surface area contributed by atoms with E-state index in [1.807, 2.05) is 0 Å². The van der Waals surface area contributed by atoms with Crippen molar-refractivity contribution in [2.24, 2.45) is 0 Å². The molecule has 9 heteroatoms. The van der Waals surface area contributed by atoms with Gasteiger partial charge in [0.2, 0.25) is 0 Å². The third-order valence-electron chi connectivity index (χ3n) is 7.06. The van der Waals surface area contributed by atoms with Crippen molar-refractivity contribution in [2.45, 2.75) is 62.4 Å². The van der Waals surface area contributed by atoms with Crippen molar-refractivity contribution in [1.29, 1.82) is 0 Å². The molecule has 2 fully saturated rings. The van der Waals surface area contributed by atoms with E-state index in [4.69, 9.17) is 4.74 Å². The number of benzene rings is 1. The Morgan fingerprint density at radius 2 is 2.03 bits per heavy atom. The minimum absolute atomic E-state index is 0.0428. The Morgan fingerprint density at radius 1 is 1.20 bits per heavy atom. The lowest BCUT2D eigenvalue weighted by Crippen LogP contribution is -2.58. The predicted octanol–water partition coefficient (Wildman–Crippen LogP) is 2.69. The van der Waals surface area contributed by atoms with E-state index in [0.29, 0.717) is 24.0 Å². The van der Waals surface area contributed by atoms with Crippen molar-refractivity contribution in [3.05, 3.63) is 87.9 Å². The normalized spacial score (nSPS) is 26.2. The van der Waals surface area contributed by atoms with Gasteiger partial charge >= 0.3 is 0 Å². The van der Waals surface area contributed by atoms with Gasteiger partial charge in [0.1, 0.15) is 17.1 Å². The lowest BCUT2D eigenvalue weighted by molar-refractivity contribution is -0.242. The lowest BCUT2D eigenvalue weighted by atomic mass is 9.74. The Labute approximate surface area is 201 Å². The number of carbonyl (C=O) groups excluding carboxylic acids is 1. The van der Waals surface area contributed by atoms with Crippen molar-refractivity contribution >= 4 is 5.78 Å². The molecule has 2 aliphatic rings. The third kappa shape index (κ3) is 4.31. The number of pyridine rings is 1. The average molecular weight is 480 g/mol. The topological polar surface area (TPSA) is 115 Å². The van der Waals surface area contributed by atoms with Crippen LogP contribution in [0.3, 0.4) is 0 Å². The molecule has 0 spiro atoms. The monoisotopic (exact) mass is 479 g/mol. The largest absolute Gasteiger partial charge is 0.390 e. The highest BCUT2D eigenvalue weighted by Crippen LogP contribution is 2.44. The van der Waals surface area contributed by atoms with Crippen LogP contribution < -0.4 is 5.56 Å². The highest BCUT2D eigenvalue weighted by atomic mass is 19.1. The summed E-state index contributed by atoms with van der Waals surface area (Å²) in [6, 6.07) is 8.76. The summed E-state index contributed by atoms with van der Waals surface area (Å²) in [4.78, 5) is 30.3. The summed E-state index contributed by atoms with van der Waals surface area (Å²) >= 11 is 0. The van der Waals surface area contributed by atoms with Gasteiger partial charge in [0.05, 0.1) is 23.9 Å². The molecule has 1 saturated heterocycles. The van der Waals surface area contributed by atoms with Crippen molar-refractivity contribution < 1.29 is 24.1 Å². The van der Waals surface area contributed by atoms with Gasteiger partial charge in [-0.15, -0.1) is 0 Å². The number of ketones is 1. The van der Waals surface area contributed by atoms with E-state index in [1.54, 1.807) is 24.5 Å². The fraction of sp³-hybridized carbons (Fsp3) is 0.385. The van der Waals surface area contributed by atoms with Crippen LogP contribution in [0.5, 0.6) is 0 Å². The first-order chi connectivity index (χ1) is 16.9. The number of aliphatic hydroxyl groups is 2. The van der Waals surface area contributed by atoms with Gasteiger partial charge in [-0.25, -0.2) is 4.39 Å². The molecule has 3 heterocycles. The predicted molar refractivity (Wildman–Crippen MR) is 124 cm³/mol. The summed E-state index contributed by atoms with van der Waals surface area (Å²) in [5.41, 5.74) is -0.895. The molecule has 1 saturated carbocycles. The summed E-state index contributed by atoms with van der Waals surface area (Å²) in [5.74, 6) is -1.10. The summed E-state index contributed by atoms with van der Waals surface area (Å²) in [6.45, 7) is 0. The van der Waals surface area contributed by atoms with E-state index in [0.717, 1.165) is 17.5 Å². The number of halogens is 1. The number of carbonyl (C=O) groups is 1. The summed E-state index contributed by atoms with van der Waals surface area (Å²) in [6.07, 6.45) is 5.39. The first kappa shape index (κ1) is 23.5. The minimum atomic E-state index is -1.26. The Hall–Kier alpha value is -3.27. The summed E-state index contributed by atoms with van der Waals surface area (Å²) in [5, 5.41) is 25.6. The zero-order chi connectivity index (χ0) is 24.6. The van der Waals surface area contributed by atoms with E-state index in [9.17, 15) is 24.2 Å². The van der Waals surface area contributed by atoms with E-state index < -0.39 is 41.1 Å². The first-order valence-electron chi connectivity index (χ1n) is 11.7. The van der Waals surface area contributed by atoms with Crippen LogP contribution in [0.25, 0.3) is 5.69 Å². The van der Waals surface area contributed by atoms with Gasteiger partial charge < -0.3 is 14.9 Å². The molecule has 3 aromatic rings. The Bertz CT molecular complexity index is 1310. The van der Waals surface area contributed by atoms with Crippen LogP contribution in [0, 0.1) is 5.82 Å². The maximum absolute atomic E-state index is 14.2. The number of hydrogen-bond donors (Lipinski definition) is 2. The minimum Gasteiger partial charge on any atom is -0.390 e. The second-order valence-electron chi connectivity index (χ2n) is 9.19. The standard InChI is InChI=1S/C26H26FN3O5/c27-19-5-1-2-6-20(19)30-25(33)18(9-12-29-30)21(31)13-16-15-28-11-8-17(16)22-14-23(32)26(34)10-4-3-7-24(26)35-22/h1-2,5-6,8-9,11-12,15,22-24,32,34H,3-4,7,10,13-14H2/t22-,23-,24-,26+/m0/s1. The van der Waals surface area contributed by atoms with Crippen LogP contribution in [0.4, 0.5) is 4.39 Å². The molecular weight excluding hydrogens is 453 g/mol. The van der Waals surface area contributed by atoms with E-state index in [1.165, 1.54) is 30.5 Å². The number of aromatic nitrogens is 3. The molecule has 1 aliphatic heterocycles. The molecule has 4 atom stereocenters. The second kappa shape index (κ2) is 9.41. The van der Waals surface area contributed by atoms with Crippen LogP contribution in [-0.4, -0.2) is 48.6 Å². The SMILES string of the molecule is O=C(Cc1cnccc1[C@@H]1C[C@H](O)[C@]2(O)CCCC[C@@H]2O1)c1ccnn(-c2ccccc2F)c1=O. The lowest BCUT2D eigenvalue weighted by Gasteiger charge is -2.49. The molecule has 2 aromatic heterocycles. The number of rotatable bonds is 5. The van der Waals surface area contributed by atoms with Crippen molar-refractivity contribution in [3.63, 3.8) is 0 Å².